The van der Waals surface area contributed by atoms with Gasteiger partial charge in [0.05, 0.1) is 22.6 Å². The molecule has 1 saturated heterocycles. The maximum Gasteiger partial charge on any atom is 0.346 e. The number of nitro benzene ring substituents is 1. The van der Waals surface area contributed by atoms with Gasteiger partial charge in [-0.05, 0) is 60.7 Å². The maximum absolute atomic E-state index is 12.9. The topological polar surface area (TPSA) is 137 Å². The number of rotatable bonds is 7. The van der Waals surface area contributed by atoms with Crippen molar-refractivity contribution in [2.75, 3.05) is 7.11 Å². The van der Waals surface area contributed by atoms with Gasteiger partial charge in [0, 0.05) is 6.07 Å². The number of amidine groups is 1. The monoisotopic (exact) mass is 525 g/mol. The third-order valence-corrected chi connectivity index (χ3v) is 7.12. The predicted octanol–water partition coefficient (Wildman–Crippen LogP) is 4.57. The van der Waals surface area contributed by atoms with E-state index in [4.69, 9.17) is 8.92 Å². The Morgan fingerprint density at radius 3 is 2.47 bits per heavy atom. The summed E-state index contributed by atoms with van der Waals surface area (Å²) in [6.07, 6.45) is 1.54. The summed E-state index contributed by atoms with van der Waals surface area (Å²) in [5.74, 6) is -0.469. The Hall–Kier alpha value is -4.16. The molecule has 0 bridgehead atoms. The molecule has 0 unspecified atom stereocenters. The maximum atomic E-state index is 12.9. The van der Waals surface area contributed by atoms with Crippen LogP contribution in [0.1, 0.15) is 11.1 Å². The van der Waals surface area contributed by atoms with Crippen LogP contribution in [0.3, 0.4) is 0 Å². The molecule has 0 radical (unpaired) electrons. The Morgan fingerprint density at radius 2 is 1.78 bits per heavy atom. The number of aliphatic imine (C=N–C) groups is 1. The van der Waals surface area contributed by atoms with E-state index in [-0.39, 0.29) is 17.4 Å². The molecule has 1 aliphatic heterocycles. The summed E-state index contributed by atoms with van der Waals surface area (Å²) in [7, 11) is -3.24. The van der Waals surface area contributed by atoms with Gasteiger partial charge in [-0.1, -0.05) is 35.9 Å². The molecule has 1 amide bonds. The molecule has 4 rings (SSSR count). The highest BCUT2D eigenvalue weighted by Crippen LogP contribution is 2.35. The van der Waals surface area contributed by atoms with Crippen LogP contribution in [0.5, 0.6) is 11.5 Å². The quantitative estimate of drug-likeness (QED) is 0.205. The number of ether oxygens (including phenoxy) is 1. The first-order valence-electron chi connectivity index (χ1n) is 10.4. The molecule has 1 heterocycles. The van der Waals surface area contributed by atoms with E-state index in [1.165, 1.54) is 31.4 Å². The molecular weight excluding hydrogens is 506 g/mol. The Balaban J connectivity index is 1.63. The SMILES string of the molecule is COc1ccc(/C=C2\SC(=Nc3ccc(C)cc3)NC2=O)cc1OS(=O)(=O)c1ccccc1[N+](=O)[O-]. The molecule has 0 saturated carbocycles. The van der Waals surface area contributed by atoms with Crippen LogP contribution in [-0.4, -0.2) is 31.5 Å². The lowest BCUT2D eigenvalue weighted by Gasteiger charge is -2.11. The number of carbonyl (C=O) groups excluding carboxylic acids is 1. The van der Waals surface area contributed by atoms with Crippen molar-refractivity contribution >= 4 is 50.4 Å². The number of thioether (sulfide) groups is 1. The second-order valence-corrected chi connectivity index (χ2v) is 10.0. The van der Waals surface area contributed by atoms with E-state index in [0.717, 1.165) is 29.5 Å². The number of amides is 1. The highest BCUT2D eigenvalue weighted by Gasteiger charge is 2.29. The number of methoxy groups -OCH3 is 1. The van der Waals surface area contributed by atoms with Crippen molar-refractivity contribution in [3.8, 4) is 11.5 Å². The fourth-order valence-corrected chi connectivity index (χ4v) is 5.14. The largest absolute Gasteiger partial charge is 0.493 e. The summed E-state index contributed by atoms with van der Waals surface area (Å²) in [5.41, 5.74) is 1.60. The lowest BCUT2D eigenvalue weighted by atomic mass is 10.2. The van der Waals surface area contributed by atoms with Crippen LogP contribution < -0.4 is 14.2 Å². The predicted molar refractivity (Wildman–Crippen MR) is 136 cm³/mol. The second-order valence-electron chi connectivity index (χ2n) is 7.49. The zero-order valence-corrected chi connectivity index (χ0v) is 20.6. The molecular formula is C24H19N3O7S2. The van der Waals surface area contributed by atoms with Crippen LogP contribution in [0.4, 0.5) is 11.4 Å². The average Bonchev–Trinajstić information content (AvgIpc) is 3.18. The fourth-order valence-electron chi connectivity index (χ4n) is 3.20. The zero-order valence-electron chi connectivity index (χ0n) is 19.0. The van der Waals surface area contributed by atoms with Gasteiger partial charge in [0.1, 0.15) is 0 Å². The number of aryl methyl sites for hydroxylation is 1. The van der Waals surface area contributed by atoms with Gasteiger partial charge in [0.25, 0.3) is 11.6 Å². The summed E-state index contributed by atoms with van der Waals surface area (Å²) in [6.45, 7) is 1.96. The molecule has 10 nitrogen and oxygen atoms in total. The first kappa shape index (κ1) is 24.9. The van der Waals surface area contributed by atoms with E-state index < -0.39 is 25.6 Å². The van der Waals surface area contributed by atoms with Crippen molar-refractivity contribution < 1.29 is 27.1 Å². The minimum Gasteiger partial charge on any atom is -0.493 e. The third kappa shape index (κ3) is 5.56. The van der Waals surface area contributed by atoms with E-state index in [1.54, 1.807) is 12.1 Å². The standard InChI is InChI=1S/C24H19N3O7S2/c1-15-7-10-17(11-8-15)25-24-26-23(28)21(35-24)14-16-9-12-19(33-2)20(13-16)34-36(31,32)22-6-4-3-5-18(22)27(29)30/h3-14H,1-2H3,(H,25,26,28)/b21-14-. The number of nitro groups is 1. The smallest absolute Gasteiger partial charge is 0.346 e. The van der Waals surface area contributed by atoms with Crippen LogP contribution in [0.25, 0.3) is 6.08 Å². The molecule has 3 aromatic rings. The minimum atomic E-state index is -4.57. The molecule has 0 aromatic heterocycles. The summed E-state index contributed by atoms with van der Waals surface area (Å²) >= 11 is 1.13. The van der Waals surface area contributed by atoms with Crippen LogP contribution in [-0.2, 0) is 14.9 Å². The number of carbonyl (C=O) groups is 1. The molecule has 0 spiro atoms. The van der Waals surface area contributed by atoms with Gasteiger partial charge in [0.2, 0.25) is 0 Å². The van der Waals surface area contributed by atoms with Crippen LogP contribution in [0, 0.1) is 17.0 Å². The highest BCUT2D eigenvalue weighted by molar-refractivity contribution is 8.18. The first-order chi connectivity index (χ1) is 17.2. The molecule has 1 fully saturated rings. The van der Waals surface area contributed by atoms with Gasteiger partial charge in [-0.15, -0.1) is 0 Å². The molecule has 184 valence electrons. The first-order valence-corrected chi connectivity index (χ1v) is 12.6. The van der Waals surface area contributed by atoms with Gasteiger partial charge >= 0.3 is 10.1 Å². The number of hydrogen-bond acceptors (Lipinski definition) is 9. The van der Waals surface area contributed by atoms with E-state index in [9.17, 15) is 23.3 Å². The zero-order chi connectivity index (χ0) is 25.9. The summed E-state index contributed by atoms with van der Waals surface area (Å²) in [4.78, 5) is 27.1. The van der Waals surface area contributed by atoms with Crippen LogP contribution >= 0.6 is 11.8 Å². The van der Waals surface area contributed by atoms with Crippen molar-refractivity contribution in [2.24, 2.45) is 4.99 Å². The van der Waals surface area contributed by atoms with Gasteiger partial charge in [-0.25, -0.2) is 4.99 Å². The number of hydrogen-bond donors (Lipinski definition) is 1. The van der Waals surface area contributed by atoms with Gasteiger partial charge in [-0.2, -0.15) is 8.42 Å². The number of nitrogens with one attached hydrogen (secondary N) is 1. The highest BCUT2D eigenvalue weighted by atomic mass is 32.2. The Labute approximate surface area is 210 Å². The second kappa shape index (κ2) is 10.2. The van der Waals surface area contributed by atoms with Crippen molar-refractivity contribution in [3.05, 3.63) is 92.9 Å². The van der Waals surface area contributed by atoms with Crippen LogP contribution in [0.2, 0.25) is 0 Å². The van der Waals surface area contributed by atoms with Crippen LogP contribution in [0.15, 0.2) is 81.5 Å². The third-order valence-electron chi connectivity index (χ3n) is 4.93. The summed E-state index contributed by atoms with van der Waals surface area (Å²) in [5, 5.41) is 14.4. The normalized spacial score (nSPS) is 15.7. The number of nitrogens with zero attached hydrogens (tertiary/aromatic N) is 2. The molecule has 1 aliphatic rings. The van der Waals surface area contributed by atoms with E-state index in [2.05, 4.69) is 10.3 Å². The number of benzene rings is 3. The molecule has 0 atom stereocenters. The number of para-hydroxylation sites is 1. The summed E-state index contributed by atoms with van der Waals surface area (Å²) < 4.78 is 36.1. The lowest BCUT2D eigenvalue weighted by Crippen LogP contribution is -2.19. The van der Waals surface area contributed by atoms with E-state index in [0.29, 0.717) is 21.3 Å². The van der Waals surface area contributed by atoms with Crippen molar-refractivity contribution in [3.63, 3.8) is 0 Å². The van der Waals surface area contributed by atoms with Crippen molar-refractivity contribution in [1.29, 1.82) is 0 Å². The average molecular weight is 526 g/mol. The molecule has 36 heavy (non-hydrogen) atoms. The fraction of sp³-hybridized carbons (Fsp3) is 0.0833. The van der Waals surface area contributed by atoms with Gasteiger partial charge < -0.3 is 14.2 Å². The lowest BCUT2D eigenvalue weighted by molar-refractivity contribution is -0.387. The molecule has 1 N–H and O–H groups in total. The van der Waals surface area contributed by atoms with Gasteiger partial charge in [0.15, 0.2) is 21.6 Å². The van der Waals surface area contributed by atoms with E-state index >= 15 is 0 Å². The molecule has 3 aromatic carbocycles. The molecule has 12 heteroatoms. The summed E-state index contributed by atoms with van der Waals surface area (Å²) in [6, 6.07) is 16.8. The van der Waals surface area contributed by atoms with Crippen molar-refractivity contribution in [1.82, 2.24) is 5.32 Å². The Kier molecular flexibility index (Phi) is 7.08. The minimum absolute atomic E-state index is 0.0875. The Bertz CT molecular complexity index is 1510. The van der Waals surface area contributed by atoms with Crippen molar-refractivity contribution in [2.45, 2.75) is 11.8 Å². The molecule has 0 aliphatic carbocycles. The Morgan fingerprint density at radius 1 is 1.06 bits per heavy atom. The van der Waals surface area contributed by atoms with Gasteiger partial charge in [-0.3, -0.25) is 14.9 Å². The van der Waals surface area contributed by atoms with E-state index in [1.807, 2.05) is 31.2 Å².